The first-order valence-electron chi connectivity index (χ1n) is 6.17. The van der Waals surface area contributed by atoms with Crippen LogP contribution in [0.1, 0.15) is 18.1 Å². The number of aryl methyl sites for hydroxylation is 2. The summed E-state index contributed by atoms with van der Waals surface area (Å²) in [4.78, 5) is 10.8. The van der Waals surface area contributed by atoms with Gasteiger partial charge in [-0.25, -0.2) is 13.1 Å². The van der Waals surface area contributed by atoms with Gasteiger partial charge in [0.2, 0.25) is 15.9 Å². The first-order valence-corrected chi connectivity index (χ1v) is 7.65. The molecule has 1 amide bonds. The van der Waals surface area contributed by atoms with Gasteiger partial charge in [-0.3, -0.25) is 4.79 Å². The van der Waals surface area contributed by atoms with Gasteiger partial charge in [0.25, 0.3) is 0 Å². The van der Waals surface area contributed by atoms with Crippen LogP contribution in [0.25, 0.3) is 0 Å². The van der Waals surface area contributed by atoms with Gasteiger partial charge in [0.1, 0.15) is 10.6 Å². The van der Waals surface area contributed by atoms with Gasteiger partial charge in [-0.05, 0) is 37.1 Å². The first kappa shape index (κ1) is 16.5. The Kier molecular flexibility index (Phi) is 5.52. The lowest BCUT2D eigenvalue weighted by atomic mass is 10.1. The van der Waals surface area contributed by atoms with Crippen LogP contribution in [0.4, 0.5) is 0 Å². The number of ether oxygens (including phenoxy) is 1. The predicted octanol–water partition coefficient (Wildman–Crippen LogP) is 0.726. The maximum atomic E-state index is 12.2. The molecule has 0 bridgehead atoms. The Balaban J connectivity index is 2.92. The molecule has 0 heterocycles. The molecule has 1 rings (SSSR count). The molecule has 0 aliphatic carbocycles. The molecule has 0 fully saturated rings. The summed E-state index contributed by atoms with van der Waals surface area (Å²) in [5, 5.41) is 2.52. The van der Waals surface area contributed by atoms with Crippen LogP contribution < -0.4 is 14.8 Å². The minimum absolute atomic E-state index is 0.103. The molecule has 6 nitrogen and oxygen atoms in total. The number of sulfonamides is 1. The lowest BCUT2D eigenvalue weighted by Gasteiger charge is -2.13. The van der Waals surface area contributed by atoms with Crippen molar-refractivity contribution in [2.45, 2.75) is 25.7 Å². The highest BCUT2D eigenvalue weighted by Gasteiger charge is 2.20. The summed E-state index contributed by atoms with van der Waals surface area (Å²) in [7, 11) is -2.24. The first-order chi connectivity index (χ1) is 9.27. The summed E-state index contributed by atoms with van der Waals surface area (Å²) in [6, 6.07) is 3.27. The van der Waals surface area contributed by atoms with Crippen molar-refractivity contribution in [2.24, 2.45) is 0 Å². The van der Waals surface area contributed by atoms with E-state index in [1.165, 1.54) is 14.0 Å². The molecule has 0 aliphatic heterocycles. The van der Waals surface area contributed by atoms with Crippen LogP contribution >= 0.6 is 0 Å². The minimum Gasteiger partial charge on any atom is -0.495 e. The Morgan fingerprint density at radius 2 is 1.80 bits per heavy atom. The number of carbonyl (C=O) groups is 1. The lowest BCUT2D eigenvalue weighted by molar-refractivity contribution is -0.118. The van der Waals surface area contributed by atoms with Gasteiger partial charge in [0.05, 0.1) is 7.11 Å². The van der Waals surface area contributed by atoms with E-state index >= 15 is 0 Å². The molecule has 112 valence electrons. The third-order valence-electron chi connectivity index (χ3n) is 2.86. The average Bonchev–Trinajstić information content (AvgIpc) is 2.37. The highest BCUT2D eigenvalue weighted by Crippen LogP contribution is 2.26. The van der Waals surface area contributed by atoms with Crippen LogP contribution in [-0.2, 0) is 14.8 Å². The number of rotatable bonds is 6. The Hall–Kier alpha value is -1.60. The normalized spacial score (nSPS) is 11.2. The van der Waals surface area contributed by atoms with Gasteiger partial charge in [-0.2, -0.15) is 0 Å². The van der Waals surface area contributed by atoms with E-state index in [1.54, 1.807) is 12.1 Å². The molecule has 0 unspecified atom stereocenters. The third kappa shape index (κ3) is 4.21. The van der Waals surface area contributed by atoms with E-state index in [0.717, 1.165) is 11.1 Å². The molecule has 2 N–H and O–H groups in total. The summed E-state index contributed by atoms with van der Waals surface area (Å²) in [5.41, 5.74) is 1.83. The second-order valence-corrected chi connectivity index (χ2v) is 6.20. The molecule has 0 spiro atoms. The summed E-state index contributed by atoms with van der Waals surface area (Å²) in [6.45, 7) is 5.46. The fourth-order valence-corrected chi connectivity index (χ4v) is 2.90. The van der Waals surface area contributed by atoms with E-state index in [1.807, 2.05) is 13.8 Å². The average molecular weight is 300 g/mol. The molecule has 1 aromatic carbocycles. The SMILES string of the molecule is COc1cc(C)c(C)cc1S(=O)(=O)NCCNC(C)=O. The van der Waals surface area contributed by atoms with Crippen molar-refractivity contribution in [2.75, 3.05) is 20.2 Å². The molecule has 0 saturated carbocycles. The number of carbonyl (C=O) groups excluding carboxylic acids is 1. The summed E-state index contributed by atoms with van der Waals surface area (Å²) in [5.74, 6) is 0.105. The maximum absolute atomic E-state index is 12.2. The van der Waals surface area contributed by atoms with Crippen LogP contribution in [-0.4, -0.2) is 34.5 Å². The molecule has 0 aliphatic rings. The molecule has 1 aromatic rings. The zero-order chi connectivity index (χ0) is 15.3. The van der Waals surface area contributed by atoms with Gasteiger partial charge in [-0.1, -0.05) is 0 Å². The zero-order valence-electron chi connectivity index (χ0n) is 12.1. The van der Waals surface area contributed by atoms with Crippen molar-refractivity contribution in [3.05, 3.63) is 23.3 Å². The van der Waals surface area contributed by atoms with Gasteiger partial charge >= 0.3 is 0 Å². The van der Waals surface area contributed by atoms with E-state index in [-0.39, 0.29) is 23.9 Å². The fourth-order valence-electron chi connectivity index (χ4n) is 1.63. The highest BCUT2D eigenvalue weighted by molar-refractivity contribution is 7.89. The smallest absolute Gasteiger partial charge is 0.244 e. The van der Waals surface area contributed by atoms with Crippen LogP contribution in [0.5, 0.6) is 5.75 Å². The molecule has 0 radical (unpaired) electrons. The maximum Gasteiger partial charge on any atom is 0.244 e. The fraction of sp³-hybridized carbons (Fsp3) is 0.462. The molecule has 7 heteroatoms. The van der Waals surface area contributed by atoms with Crippen molar-refractivity contribution >= 4 is 15.9 Å². The zero-order valence-corrected chi connectivity index (χ0v) is 12.9. The largest absolute Gasteiger partial charge is 0.495 e. The van der Waals surface area contributed by atoms with E-state index in [9.17, 15) is 13.2 Å². The highest BCUT2D eigenvalue weighted by atomic mass is 32.2. The van der Waals surface area contributed by atoms with Crippen molar-refractivity contribution in [3.8, 4) is 5.75 Å². The monoisotopic (exact) mass is 300 g/mol. The number of hydrogen-bond donors (Lipinski definition) is 2. The van der Waals surface area contributed by atoms with Crippen molar-refractivity contribution in [1.29, 1.82) is 0 Å². The molecular formula is C13H20N2O4S. The number of amides is 1. The number of benzene rings is 1. The van der Waals surface area contributed by atoms with E-state index in [0.29, 0.717) is 5.75 Å². The number of hydrogen-bond acceptors (Lipinski definition) is 4. The quantitative estimate of drug-likeness (QED) is 0.758. The van der Waals surface area contributed by atoms with Gasteiger partial charge in [0.15, 0.2) is 0 Å². The van der Waals surface area contributed by atoms with Crippen molar-refractivity contribution < 1.29 is 17.9 Å². The Morgan fingerprint density at radius 3 is 2.35 bits per heavy atom. The summed E-state index contributed by atoms with van der Waals surface area (Å²) >= 11 is 0. The van der Waals surface area contributed by atoms with Crippen molar-refractivity contribution in [1.82, 2.24) is 10.0 Å². The molecule has 0 saturated heterocycles. The van der Waals surface area contributed by atoms with Crippen LogP contribution in [0.2, 0.25) is 0 Å². The van der Waals surface area contributed by atoms with Gasteiger partial charge in [-0.15, -0.1) is 0 Å². The third-order valence-corrected chi connectivity index (χ3v) is 4.34. The van der Waals surface area contributed by atoms with Crippen LogP contribution in [0.15, 0.2) is 17.0 Å². The lowest BCUT2D eigenvalue weighted by Crippen LogP contribution is -2.33. The van der Waals surface area contributed by atoms with E-state index < -0.39 is 10.0 Å². The Bertz CT molecular complexity index is 597. The topological polar surface area (TPSA) is 84.5 Å². The van der Waals surface area contributed by atoms with Crippen molar-refractivity contribution in [3.63, 3.8) is 0 Å². The predicted molar refractivity (Wildman–Crippen MR) is 76.3 cm³/mol. The van der Waals surface area contributed by atoms with E-state index in [2.05, 4.69) is 10.0 Å². The van der Waals surface area contributed by atoms with Gasteiger partial charge in [0, 0.05) is 20.0 Å². The summed E-state index contributed by atoms with van der Waals surface area (Å²) < 4.78 is 32.0. The Labute approximate surface area is 119 Å². The number of methoxy groups -OCH3 is 1. The molecule has 0 aromatic heterocycles. The molecule has 0 atom stereocenters. The Morgan fingerprint density at radius 1 is 1.20 bits per heavy atom. The van der Waals surface area contributed by atoms with Crippen LogP contribution in [0, 0.1) is 13.8 Å². The second-order valence-electron chi connectivity index (χ2n) is 4.47. The van der Waals surface area contributed by atoms with Gasteiger partial charge < -0.3 is 10.1 Å². The molecule has 20 heavy (non-hydrogen) atoms. The molecular weight excluding hydrogens is 280 g/mol. The second kappa shape index (κ2) is 6.71. The standard InChI is InChI=1S/C13H20N2O4S/c1-9-7-12(19-4)13(8-10(9)2)20(17,18)15-6-5-14-11(3)16/h7-8,15H,5-6H2,1-4H3,(H,14,16). The van der Waals surface area contributed by atoms with Crippen LogP contribution in [0.3, 0.4) is 0 Å². The number of nitrogens with one attached hydrogen (secondary N) is 2. The summed E-state index contributed by atoms with van der Waals surface area (Å²) in [6.07, 6.45) is 0. The van der Waals surface area contributed by atoms with E-state index in [4.69, 9.17) is 4.74 Å². The minimum atomic E-state index is -3.67.